The summed E-state index contributed by atoms with van der Waals surface area (Å²) in [6.45, 7) is 9.52. The minimum Gasteiger partial charge on any atom is -0.340 e. The Morgan fingerprint density at radius 3 is 2.32 bits per heavy atom. The highest BCUT2D eigenvalue weighted by Crippen LogP contribution is 2.69. The summed E-state index contributed by atoms with van der Waals surface area (Å²) in [4.78, 5) is 18.4. The summed E-state index contributed by atoms with van der Waals surface area (Å²) < 4.78 is 0. The van der Waals surface area contributed by atoms with Crippen LogP contribution in [-0.4, -0.2) is 41.9 Å². The van der Waals surface area contributed by atoms with Crippen LogP contribution in [0.25, 0.3) is 0 Å². The van der Waals surface area contributed by atoms with Crippen LogP contribution in [-0.2, 0) is 11.3 Å². The summed E-state index contributed by atoms with van der Waals surface area (Å²) in [5.74, 6) is 1.26. The van der Waals surface area contributed by atoms with Crippen LogP contribution < -0.4 is 0 Å². The SMILES string of the molecule is CC12CC3CC(C)(C1)CC(C(=O)N1CCN(Cc4cccc(Cl)c4)CC1)(C3)C2. The van der Waals surface area contributed by atoms with Crippen molar-refractivity contribution in [2.24, 2.45) is 22.2 Å². The minimum absolute atomic E-state index is 0.0575. The number of carbonyl (C=O) groups excluding carboxylic acids is 1. The number of hydrogen-bond acceptors (Lipinski definition) is 2. The van der Waals surface area contributed by atoms with E-state index in [0.717, 1.165) is 62.9 Å². The molecular weight excluding hydrogens is 368 g/mol. The first-order valence-electron chi connectivity index (χ1n) is 11.0. The third kappa shape index (κ3) is 3.29. The topological polar surface area (TPSA) is 23.6 Å². The molecule has 152 valence electrons. The zero-order chi connectivity index (χ0) is 19.6. The van der Waals surface area contributed by atoms with Crippen molar-refractivity contribution >= 4 is 17.5 Å². The van der Waals surface area contributed by atoms with Gasteiger partial charge in [0, 0.05) is 37.7 Å². The standard InChI is InChI=1S/C24H33ClN2O/c1-22-11-19-12-23(2,15-22)17-24(13-19,16-22)21(28)27-8-6-26(7-9-27)14-18-4-3-5-20(25)10-18/h3-5,10,19H,6-9,11-17H2,1-2H3. The smallest absolute Gasteiger partial charge is 0.228 e. The van der Waals surface area contributed by atoms with Crippen molar-refractivity contribution in [2.75, 3.05) is 26.2 Å². The number of rotatable bonds is 3. The van der Waals surface area contributed by atoms with Crippen molar-refractivity contribution in [1.82, 2.24) is 9.80 Å². The number of amides is 1. The fourth-order valence-electron chi connectivity index (χ4n) is 8.02. The van der Waals surface area contributed by atoms with Crippen LogP contribution in [0.3, 0.4) is 0 Å². The van der Waals surface area contributed by atoms with Gasteiger partial charge in [-0.2, -0.15) is 0 Å². The molecule has 4 heteroatoms. The Labute approximate surface area is 174 Å². The van der Waals surface area contributed by atoms with Gasteiger partial charge < -0.3 is 4.90 Å². The second kappa shape index (κ2) is 6.47. The normalized spacial score (nSPS) is 40.1. The molecule has 1 amide bonds. The molecule has 4 saturated carbocycles. The Bertz CT molecular complexity index is 767. The van der Waals surface area contributed by atoms with E-state index in [1.165, 1.54) is 24.8 Å². The number of nitrogens with zero attached hydrogens (tertiary/aromatic N) is 2. The van der Waals surface area contributed by atoms with E-state index in [-0.39, 0.29) is 5.41 Å². The van der Waals surface area contributed by atoms with Gasteiger partial charge in [0.1, 0.15) is 0 Å². The van der Waals surface area contributed by atoms with Crippen molar-refractivity contribution in [3.63, 3.8) is 0 Å². The van der Waals surface area contributed by atoms with E-state index in [9.17, 15) is 4.79 Å². The molecule has 28 heavy (non-hydrogen) atoms. The van der Waals surface area contributed by atoms with Crippen LogP contribution in [0.1, 0.15) is 57.9 Å². The van der Waals surface area contributed by atoms with Gasteiger partial charge in [0.05, 0.1) is 5.41 Å². The van der Waals surface area contributed by atoms with Crippen molar-refractivity contribution in [1.29, 1.82) is 0 Å². The number of halogens is 1. The maximum absolute atomic E-state index is 13.7. The van der Waals surface area contributed by atoms with Gasteiger partial charge in [-0.1, -0.05) is 37.6 Å². The lowest BCUT2D eigenvalue weighted by atomic mass is 9.40. The first-order chi connectivity index (χ1) is 13.3. The summed E-state index contributed by atoms with van der Waals surface area (Å²) in [7, 11) is 0. The molecule has 2 unspecified atom stereocenters. The first-order valence-corrected chi connectivity index (χ1v) is 11.4. The fourth-order valence-corrected chi connectivity index (χ4v) is 8.24. The Morgan fingerprint density at radius 1 is 1.04 bits per heavy atom. The van der Waals surface area contributed by atoms with Crippen molar-refractivity contribution in [3.05, 3.63) is 34.9 Å². The lowest BCUT2D eigenvalue weighted by molar-refractivity contribution is -0.180. The van der Waals surface area contributed by atoms with Gasteiger partial charge in [-0.05, 0) is 73.0 Å². The highest BCUT2D eigenvalue weighted by atomic mass is 35.5. The summed E-state index contributed by atoms with van der Waals surface area (Å²) >= 11 is 6.13. The van der Waals surface area contributed by atoms with Crippen LogP contribution in [0.2, 0.25) is 5.02 Å². The predicted molar refractivity (Wildman–Crippen MR) is 113 cm³/mol. The molecule has 5 aliphatic rings. The molecule has 1 saturated heterocycles. The molecule has 2 atom stereocenters. The van der Waals surface area contributed by atoms with Crippen LogP contribution in [0.5, 0.6) is 0 Å². The monoisotopic (exact) mass is 400 g/mol. The van der Waals surface area contributed by atoms with Crippen LogP contribution in [0.4, 0.5) is 0 Å². The highest BCUT2D eigenvalue weighted by Gasteiger charge is 2.63. The zero-order valence-electron chi connectivity index (χ0n) is 17.3. The third-order valence-electron chi connectivity index (χ3n) is 8.03. The molecule has 6 rings (SSSR count). The van der Waals surface area contributed by atoms with Crippen LogP contribution in [0.15, 0.2) is 24.3 Å². The highest BCUT2D eigenvalue weighted by molar-refractivity contribution is 6.30. The molecule has 1 aromatic rings. The Kier molecular flexibility index (Phi) is 4.38. The molecule has 4 aliphatic carbocycles. The molecule has 1 heterocycles. The molecule has 5 fully saturated rings. The van der Waals surface area contributed by atoms with E-state index in [4.69, 9.17) is 11.6 Å². The lowest BCUT2D eigenvalue weighted by Crippen LogP contribution is -2.62. The number of hydrogen-bond donors (Lipinski definition) is 0. The van der Waals surface area contributed by atoms with Gasteiger partial charge in [-0.15, -0.1) is 0 Å². The molecule has 4 bridgehead atoms. The molecule has 1 aromatic carbocycles. The van der Waals surface area contributed by atoms with Crippen molar-refractivity contribution in [2.45, 2.75) is 58.9 Å². The maximum Gasteiger partial charge on any atom is 0.228 e. The molecule has 1 aliphatic heterocycles. The quantitative estimate of drug-likeness (QED) is 0.714. The van der Waals surface area contributed by atoms with Crippen molar-refractivity contribution in [3.8, 4) is 0 Å². The predicted octanol–water partition coefficient (Wildman–Crippen LogP) is 4.98. The summed E-state index contributed by atoms with van der Waals surface area (Å²) in [5.41, 5.74) is 2.00. The molecule has 0 N–H and O–H groups in total. The van der Waals surface area contributed by atoms with E-state index >= 15 is 0 Å². The summed E-state index contributed by atoms with van der Waals surface area (Å²) in [6.07, 6.45) is 7.45. The van der Waals surface area contributed by atoms with Gasteiger partial charge in [0.25, 0.3) is 0 Å². The van der Waals surface area contributed by atoms with Gasteiger partial charge in [-0.3, -0.25) is 9.69 Å². The number of benzene rings is 1. The zero-order valence-corrected chi connectivity index (χ0v) is 18.1. The Balaban J connectivity index is 1.25. The molecule has 0 radical (unpaired) electrons. The van der Waals surface area contributed by atoms with E-state index in [2.05, 4.69) is 35.8 Å². The number of piperazine rings is 1. The lowest BCUT2D eigenvalue weighted by Gasteiger charge is -2.65. The van der Waals surface area contributed by atoms with Crippen LogP contribution in [0, 0.1) is 22.2 Å². The largest absolute Gasteiger partial charge is 0.340 e. The molecule has 0 spiro atoms. The third-order valence-corrected chi connectivity index (χ3v) is 8.27. The summed E-state index contributed by atoms with van der Waals surface area (Å²) in [5, 5.41) is 0.801. The average molecular weight is 401 g/mol. The van der Waals surface area contributed by atoms with Gasteiger partial charge >= 0.3 is 0 Å². The van der Waals surface area contributed by atoms with Gasteiger partial charge in [0.15, 0.2) is 0 Å². The average Bonchev–Trinajstić information content (AvgIpc) is 2.59. The minimum atomic E-state index is -0.0575. The molecule has 0 aromatic heterocycles. The van der Waals surface area contributed by atoms with Crippen molar-refractivity contribution < 1.29 is 4.79 Å². The number of carbonyl (C=O) groups is 1. The van der Waals surface area contributed by atoms with Gasteiger partial charge in [-0.25, -0.2) is 0 Å². The molecular formula is C24H33ClN2O. The van der Waals surface area contributed by atoms with E-state index < -0.39 is 0 Å². The van der Waals surface area contributed by atoms with E-state index in [0.29, 0.717) is 16.7 Å². The van der Waals surface area contributed by atoms with Crippen LogP contribution >= 0.6 is 11.6 Å². The maximum atomic E-state index is 13.7. The Morgan fingerprint density at radius 2 is 1.71 bits per heavy atom. The first kappa shape index (κ1) is 18.9. The summed E-state index contributed by atoms with van der Waals surface area (Å²) in [6, 6.07) is 8.13. The van der Waals surface area contributed by atoms with Gasteiger partial charge in [0.2, 0.25) is 5.91 Å². The second-order valence-electron chi connectivity index (χ2n) is 11.1. The second-order valence-corrected chi connectivity index (χ2v) is 11.5. The Hall–Kier alpha value is -1.06. The van der Waals surface area contributed by atoms with E-state index in [1.54, 1.807) is 0 Å². The fraction of sp³-hybridized carbons (Fsp3) is 0.708. The van der Waals surface area contributed by atoms with E-state index in [1.807, 2.05) is 12.1 Å². The molecule has 3 nitrogen and oxygen atoms in total.